The number of carbonyl (C=O) groups excluding carboxylic acids is 1. The summed E-state index contributed by atoms with van der Waals surface area (Å²) in [6.45, 7) is -0.188. The fourth-order valence-electron chi connectivity index (χ4n) is 1.88. The summed E-state index contributed by atoms with van der Waals surface area (Å²) >= 11 is 0. The molecule has 0 saturated carbocycles. The second-order valence-corrected chi connectivity index (χ2v) is 3.86. The average molecular weight is 238 g/mol. The summed E-state index contributed by atoms with van der Waals surface area (Å²) in [5.74, 6) is -1.73. The van der Waals surface area contributed by atoms with Crippen molar-refractivity contribution in [2.24, 2.45) is 0 Å². The van der Waals surface area contributed by atoms with Crippen LogP contribution in [-0.2, 0) is 4.79 Å². The van der Waals surface area contributed by atoms with E-state index in [9.17, 15) is 14.0 Å². The molecule has 90 valence electrons. The molecule has 1 amide bonds. The lowest BCUT2D eigenvalue weighted by molar-refractivity contribution is -0.141. The molecule has 17 heavy (non-hydrogen) atoms. The van der Waals surface area contributed by atoms with Gasteiger partial charge in [0.1, 0.15) is 17.9 Å². The van der Waals surface area contributed by atoms with Gasteiger partial charge >= 0.3 is 5.97 Å². The molecule has 0 bridgehead atoms. The van der Waals surface area contributed by atoms with Gasteiger partial charge in [0.2, 0.25) is 0 Å². The smallest absolute Gasteiger partial charge is 0.326 e. The fourth-order valence-corrected chi connectivity index (χ4v) is 1.88. The average Bonchev–Trinajstić information content (AvgIpc) is 2.72. The number of alkyl halides is 1. The number of hydrogen-bond acceptors (Lipinski definition) is 3. The number of hydrogen-bond donors (Lipinski definition) is 1. The van der Waals surface area contributed by atoms with Crippen molar-refractivity contribution in [3.8, 4) is 0 Å². The van der Waals surface area contributed by atoms with Crippen LogP contribution in [0.2, 0.25) is 0 Å². The first-order valence-corrected chi connectivity index (χ1v) is 5.18. The second kappa shape index (κ2) is 4.48. The van der Waals surface area contributed by atoms with Crippen molar-refractivity contribution in [1.82, 2.24) is 9.88 Å². The molecule has 1 aliphatic heterocycles. The molecule has 6 heteroatoms. The largest absolute Gasteiger partial charge is 0.480 e. The molecule has 2 unspecified atom stereocenters. The van der Waals surface area contributed by atoms with E-state index < -0.39 is 24.1 Å². The van der Waals surface area contributed by atoms with E-state index >= 15 is 0 Å². The van der Waals surface area contributed by atoms with Crippen molar-refractivity contribution in [2.75, 3.05) is 6.54 Å². The van der Waals surface area contributed by atoms with Crippen LogP contribution in [0, 0.1) is 0 Å². The van der Waals surface area contributed by atoms with Crippen molar-refractivity contribution in [3.05, 3.63) is 30.1 Å². The number of halogens is 1. The lowest BCUT2D eigenvalue weighted by atomic mass is 10.2. The Balaban J connectivity index is 2.22. The third-order valence-electron chi connectivity index (χ3n) is 2.68. The minimum Gasteiger partial charge on any atom is -0.480 e. The van der Waals surface area contributed by atoms with Gasteiger partial charge in [-0.15, -0.1) is 0 Å². The normalized spacial score (nSPS) is 23.7. The summed E-state index contributed by atoms with van der Waals surface area (Å²) in [5.41, 5.74) is 0.132. The molecule has 0 spiro atoms. The summed E-state index contributed by atoms with van der Waals surface area (Å²) in [7, 11) is 0. The Bertz CT molecular complexity index is 438. The Kier molecular flexibility index (Phi) is 3.03. The molecular weight excluding hydrogens is 227 g/mol. The van der Waals surface area contributed by atoms with Gasteiger partial charge in [0.05, 0.1) is 6.54 Å². The van der Waals surface area contributed by atoms with E-state index in [2.05, 4.69) is 4.98 Å². The molecule has 1 aromatic rings. The van der Waals surface area contributed by atoms with Crippen molar-refractivity contribution in [1.29, 1.82) is 0 Å². The molecule has 0 radical (unpaired) electrons. The Morgan fingerprint density at radius 3 is 2.82 bits per heavy atom. The van der Waals surface area contributed by atoms with Crippen molar-refractivity contribution >= 4 is 11.9 Å². The number of aromatic nitrogens is 1. The van der Waals surface area contributed by atoms with Gasteiger partial charge in [-0.2, -0.15) is 0 Å². The monoisotopic (exact) mass is 238 g/mol. The number of amides is 1. The van der Waals surface area contributed by atoms with Crippen molar-refractivity contribution < 1.29 is 19.1 Å². The van der Waals surface area contributed by atoms with Gasteiger partial charge in [0, 0.05) is 12.6 Å². The van der Waals surface area contributed by atoms with E-state index in [0.29, 0.717) is 0 Å². The van der Waals surface area contributed by atoms with Crippen molar-refractivity contribution in [2.45, 2.75) is 18.6 Å². The quantitative estimate of drug-likeness (QED) is 0.824. The maximum absolute atomic E-state index is 13.2. The van der Waals surface area contributed by atoms with Crippen LogP contribution < -0.4 is 0 Å². The van der Waals surface area contributed by atoms with Gasteiger partial charge in [0.15, 0.2) is 0 Å². The first-order valence-electron chi connectivity index (χ1n) is 5.18. The van der Waals surface area contributed by atoms with E-state index in [4.69, 9.17) is 5.11 Å². The minimum atomic E-state index is -1.29. The maximum atomic E-state index is 13.2. The number of carboxylic acids is 1. The highest BCUT2D eigenvalue weighted by Crippen LogP contribution is 2.22. The zero-order valence-electron chi connectivity index (χ0n) is 8.91. The number of carboxylic acid groups (broad SMARTS) is 1. The molecule has 2 heterocycles. The van der Waals surface area contributed by atoms with Gasteiger partial charge < -0.3 is 10.0 Å². The molecule has 2 rings (SSSR count). The number of rotatable bonds is 2. The van der Waals surface area contributed by atoms with Gasteiger partial charge in [-0.05, 0) is 12.1 Å². The summed E-state index contributed by atoms with van der Waals surface area (Å²) in [4.78, 5) is 27.7. The predicted octanol–water partition coefficient (Wildman–Crippen LogP) is 0.719. The highest BCUT2D eigenvalue weighted by molar-refractivity contribution is 5.95. The molecule has 1 saturated heterocycles. The van der Waals surface area contributed by atoms with Crippen LogP contribution in [0.1, 0.15) is 16.9 Å². The van der Waals surface area contributed by atoms with Crippen LogP contribution in [0.5, 0.6) is 0 Å². The Labute approximate surface area is 96.9 Å². The Morgan fingerprint density at radius 1 is 1.47 bits per heavy atom. The van der Waals surface area contributed by atoms with Crippen LogP contribution in [0.4, 0.5) is 4.39 Å². The molecule has 5 nitrogen and oxygen atoms in total. The topological polar surface area (TPSA) is 70.5 Å². The van der Waals surface area contributed by atoms with Crippen LogP contribution in [0.25, 0.3) is 0 Å². The van der Waals surface area contributed by atoms with E-state index in [1.54, 1.807) is 12.1 Å². The Morgan fingerprint density at radius 2 is 2.24 bits per heavy atom. The first-order chi connectivity index (χ1) is 8.09. The summed E-state index contributed by atoms with van der Waals surface area (Å²) < 4.78 is 13.2. The molecule has 1 N–H and O–H groups in total. The lowest BCUT2D eigenvalue weighted by Crippen LogP contribution is -2.40. The number of nitrogens with zero attached hydrogens (tertiary/aromatic N) is 2. The van der Waals surface area contributed by atoms with Crippen LogP contribution in [-0.4, -0.2) is 45.6 Å². The molecule has 1 fully saturated rings. The Hall–Kier alpha value is -1.98. The van der Waals surface area contributed by atoms with Crippen molar-refractivity contribution in [3.63, 3.8) is 0 Å². The molecule has 1 aromatic heterocycles. The van der Waals surface area contributed by atoms with E-state index in [1.165, 1.54) is 12.3 Å². The van der Waals surface area contributed by atoms with E-state index in [1.807, 2.05) is 0 Å². The number of aliphatic carboxylic acids is 1. The zero-order chi connectivity index (χ0) is 12.4. The minimum absolute atomic E-state index is 0.132. The van der Waals surface area contributed by atoms with Gasteiger partial charge in [-0.25, -0.2) is 9.18 Å². The number of pyridine rings is 1. The van der Waals surface area contributed by atoms with E-state index in [0.717, 1.165) is 4.90 Å². The van der Waals surface area contributed by atoms with E-state index in [-0.39, 0.29) is 18.7 Å². The molecule has 0 aliphatic carbocycles. The lowest BCUT2D eigenvalue weighted by Gasteiger charge is -2.20. The number of likely N-dealkylation sites (tertiary alicyclic amines) is 1. The highest BCUT2D eigenvalue weighted by atomic mass is 19.1. The highest BCUT2D eigenvalue weighted by Gasteiger charge is 2.40. The van der Waals surface area contributed by atoms with Crippen LogP contribution >= 0.6 is 0 Å². The molecule has 0 aromatic carbocycles. The van der Waals surface area contributed by atoms with Gasteiger partial charge in [0.25, 0.3) is 5.91 Å². The second-order valence-electron chi connectivity index (χ2n) is 3.86. The third-order valence-corrected chi connectivity index (χ3v) is 2.68. The first kappa shape index (κ1) is 11.5. The van der Waals surface area contributed by atoms with Gasteiger partial charge in [-0.3, -0.25) is 9.78 Å². The summed E-state index contributed by atoms with van der Waals surface area (Å²) in [6, 6.07) is 3.65. The number of carbonyl (C=O) groups is 2. The fraction of sp³-hybridized carbons (Fsp3) is 0.364. The summed E-state index contributed by atoms with van der Waals surface area (Å²) in [5, 5.41) is 8.92. The molecular formula is C11H11FN2O3. The SMILES string of the molecule is O=C(O)C1CC(F)CN1C(=O)c1ccccn1. The standard InChI is InChI=1S/C11H11FN2O3/c12-7-5-9(11(16)17)14(6-7)10(15)8-3-1-2-4-13-8/h1-4,7,9H,5-6H2,(H,16,17). The third kappa shape index (κ3) is 2.25. The maximum Gasteiger partial charge on any atom is 0.326 e. The summed E-state index contributed by atoms with van der Waals surface area (Å²) in [6.07, 6.45) is -0.0105. The van der Waals surface area contributed by atoms with Crippen LogP contribution in [0.3, 0.4) is 0 Å². The predicted molar refractivity (Wildman–Crippen MR) is 56.2 cm³/mol. The van der Waals surface area contributed by atoms with Gasteiger partial charge in [-0.1, -0.05) is 6.07 Å². The molecule has 2 atom stereocenters. The molecule has 1 aliphatic rings. The van der Waals surface area contributed by atoms with Crippen LogP contribution in [0.15, 0.2) is 24.4 Å². The zero-order valence-corrected chi connectivity index (χ0v) is 8.91.